The molecule has 4 rings (SSSR count). The van der Waals surface area contributed by atoms with Gasteiger partial charge in [0.25, 0.3) is 5.91 Å². The van der Waals surface area contributed by atoms with Crippen molar-refractivity contribution in [3.8, 4) is 5.69 Å². The number of anilines is 1. The molecule has 1 aliphatic heterocycles. The normalized spacial score (nSPS) is 16.2. The molecule has 2 heterocycles. The van der Waals surface area contributed by atoms with Crippen molar-refractivity contribution >= 4 is 24.0 Å². The van der Waals surface area contributed by atoms with Crippen molar-refractivity contribution in [2.24, 2.45) is 0 Å². The number of rotatable bonds is 4. The number of hydrogen-bond donors (Lipinski definition) is 2. The largest absolute Gasteiger partial charge is 0.371 e. The van der Waals surface area contributed by atoms with Crippen LogP contribution in [0.15, 0.2) is 54.7 Å². The zero-order valence-corrected chi connectivity index (χ0v) is 16.3. The quantitative estimate of drug-likeness (QED) is 0.705. The van der Waals surface area contributed by atoms with Gasteiger partial charge in [0.2, 0.25) is 0 Å². The van der Waals surface area contributed by atoms with E-state index in [2.05, 4.69) is 20.9 Å². The van der Waals surface area contributed by atoms with Crippen molar-refractivity contribution < 1.29 is 9.53 Å². The van der Waals surface area contributed by atoms with Crippen LogP contribution in [0.5, 0.6) is 0 Å². The average molecular weight is 400 g/mol. The minimum absolute atomic E-state index is 0. The number of aromatic nitrogens is 3. The summed E-state index contributed by atoms with van der Waals surface area (Å²) in [5.74, 6) is -0.294. The second-order valence-electron chi connectivity index (χ2n) is 6.53. The van der Waals surface area contributed by atoms with Crippen LogP contribution >= 0.6 is 12.4 Å². The lowest BCUT2D eigenvalue weighted by atomic mass is 10.1. The molecule has 1 fully saturated rings. The number of carbonyl (C=O) groups excluding carboxylic acids is 1. The smallest absolute Gasteiger partial charge is 0.277 e. The Kier molecular flexibility index (Phi) is 6.41. The Labute approximate surface area is 169 Å². The summed E-state index contributed by atoms with van der Waals surface area (Å²) >= 11 is 0. The summed E-state index contributed by atoms with van der Waals surface area (Å²) in [5, 5.41) is 14.2. The molecule has 28 heavy (non-hydrogen) atoms. The summed E-state index contributed by atoms with van der Waals surface area (Å²) in [4.78, 5) is 12.5. The van der Waals surface area contributed by atoms with Crippen LogP contribution in [0.1, 0.15) is 27.7 Å². The molecule has 0 radical (unpaired) electrons. The van der Waals surface area contributed by atoms with Gasteiger partial charge in [0.05, 0.1) is 24.6 Å². The number of benzene rings is 2. The Morgan fingerprint density at radius 3 is 2.79 bits per heavy atom. The van der Waals surface area contributed by atoms with Crippen molar-refractivity contribution in [2.45, 2.75) is 13.0 Å². The number of amides is 1. The third-order valence-electron chi connectivity index (χ3n) is 4.46. The van der Waals surface area contributed by atoms with Gasteiger partial charge in [-0.05, 0) is 42.3 Å². The molecular formula is C20H22ClN5O2. The van der Waals surface area contributed by atoms with Gasteiger partial charge in [0, 0.05) is 18.8 Å². The van der Waals surface area contributed by atoms with Crippen molar-refractivity contribution in [3.63, 3.8) is 0 Å². The summed E-state index contributed by atoms with van der Waals surface area (Å²) in [6, 6.07) is 15.5. The summed E-state index contributed by atoms with van der Waals surface area (Å²) in [6.45, 7) is 4.40. The van der Waals surface area contributed by atoms with Gasteiger partial charge < -0.3 is 15.4 Å². The molecule has 0 bridgehead atoms. The number of ether oxygens (including phenoxy) is 1. The zero-order chi connectivity index (χ0) is 18.6. The second kappa shape index (κ2) is 8.97. The monoisotopic (exact) mass is 399 g/mol. The van der Waals surface area contributed by atoms with Crippen LogP contribution in [-0.2, 0) is 4.74 Å². The molecule has 1 amide bonds. The van der Waals surface area contributed by atoms with Crippen molar-refractivity contribution in [1.29, 1.82) is 0 Å². The Morgan fingerprint density at radius 1 is 1.25 bits per heavy atom. The van der Waals surface area contributed by atoms with E-state index < -0.39 is 0 Å². The lowest BCUT2D eigenvalue weighted by molar-refractivity contribution is 0.0277. The van der Waals surface area contributed by atoms with E-state index >= 15 is 0 Å². The number of nitrogens with one attached hydrogen (secondary N) is 2. The van der Waals surface area contributed by atoms with E-state index in [0.717, 1.165) is 29.9 Å². The lowest BCUT2D eigenvalue weighted by Gasteiger charge is -2.24. The number of morpholine rings is 1. The molecule has 0 aliphatic carbocycles. The highest BCUT2D eigenvalue weighted by molar-refractivity contribution is 6.02. The number of halogens is 1. The summed E-state index contributed by atoms with van der Waals surface area (Å²) in [5.41, 5.74) is 4.04. The molecular weight excluding hydrogens is 378 g/mol. The average Bonchev–Trinajstić information content (AvgIpc) is 3.20. The summed E-state index contributed by atoms with van der Waals surface area (Å²) in [6.07, 6.45) is 1.68. The third kappa shape index (κ3) is 4.56. The molecule has 146 valence electrons. The van der Waals surface area contributed by atoms with Gasteiger partial charge in [0.1, 0.15) is 0 Å². The molecule has 0 spiro atoms. The Hall–Kier alpha value is -2.74. The van der Waals surface area contributed by atoms with E-state index in [9.17, 15) is 4.79 Å². The van der Waals surface area contributed by atoms with Crippen LogP contribution in [0, 0.1) is 6.92 Å². The maximum absolute atomic E-state index is 12.5. The van der Waals surface area contributed by atoms with E-state index in [4.69, 9.17) is 4.74 Å². The molecule has 8 heteroatoms. The molecule has 2 aromatic carbocycles. The maximum atomic E-state index is 12.5. The maximum Gasteiger partial charge on any atom is 0.277 e. The van der Waals surface area contributed by atoms with E-state index in [1.807, 2.05) is 55.5 Å². The molecule has 1 atom stereocenters. The van der Waals surface area contributed by atoms with Gasteiger partial charge in [-0.1, -0.05) is 29.5 Å². The fourth-order valence-electron chi connectivity index (χ4n) is 3.02. The van der Waals surface area contributed by atoms with Gasteiger partial charge in [-0.15, -0.1) is 17.5 Å². The van der Waals surface area contributed by atoms with E-state index in [1.165, 1.54) is 0 Å². The topological polar surface area (TPSA) is 81.1 Å². The molecule has 2 N–H and O–H groups in total. The first kappa shape index (κ1) is 20.0. The minimum atomic E-state index is -0.294. The van der Waals surface area contributed by atoms with Crippen LogP contribution in [0.4, 0.5) is 5.69 Å². The molecule has 7 nitrogen and oxygen atoms in total. The lowest BCUT2D eigenvalue weighted by Crippen LogP contribution is -2.33. The van der Waals surface area contributed by atoms with Crippen molar-refractivity contribution in [2.75, 3.05) is 25.0 Å². The molecule has 3 aromatic rings. The second-order valence-corrected chi connectivity index (χ2v) is 6.53. The first-order valence-corrected chi connectivity index (χ1v) is 8.92. The van der Waals surface area contributed by atoms with Gasteiger partial charge in [-0.25, -0.2) is 4.68 Å². The van der Waals surface area contributed by atoms with Crippen LogP contribution in [0.3, 0.4) is 0 Å². The zero-order valence-electron chi connectivity index (χ0n) is 15.5. The molecule has 1 saturated heterocycles. The highest BCUT2D eigenvalue weighted by Gasteiger charge is 2.16. The Morgan fingerprint density at radius 2 is 2.07 bits per heavy atom. The van der Waals surface area contributed by atoms with Gasteiger partial charge >= 0.3 is 0 Å². The van der Waals surface area contributed by atoms with Gasteiger partial charge in [-0.2, -0.15) is 0 Å². The Bertz CT molecular complexity index is 936. The first-order chi connectivity index (χ1) is 13.2. The predicted molar refractivity (Wildman–Crippen MR) is 109 cm³/mol. The summed E-state index contributed by atoms with van der Waals surface area (Å²) < 4.78 is 7.33. The highest BCUT2D eigenvalue weighted by Crippen LogP contribution is 2.21. The fraction of sp³-hybridized carbons (Fsp3) is 0.250. The van der Waals surface area contributed by atoms with Gasteiger partial charge in [0.15, 0.2) is 5.69 Å². The standard InChI is InChI=1S/C20H21N5O2.ClH/c1-14-3-2-4-17(11-14)25-13-18(23-24-25)20(26)22-16-7-5-15(6-8-16)19-12-21-9-10-27-19;/h2-8,11,13,19,21H,9-10,12H2,1H3,(H,22,26);1H/t19-;/m1./s1. The number of nitrogens with zero attached hydrogens (tertiary/aromatic N) is 3. The third-order valence-corrected chi connectivity index (χ3v) is 4.46. The first-order valence-electron chi connectivity index (χ1n) is 8.92. The summed E-state index contributed by atoms with van der Waals surface area (Å²) in [7, 11) is 0. The van der Waals surface area contributed by atoms with Gasteiger partial charge in [-0.3, -0.25) is 4.79 Å². The van der Waals surface area contributed by atoms with Crippen LogP contribution in [-0.4, -0.2) is 40.6 Å². The number of hydrogen-bond acceptors (Lipinski definition) is 5. The van der Waals surface area contributed by atoms with Crippen LogP contribution in [0.2, 0.25) is 0 Å². The number of aryl methyl sites for hydroxylation is 1. The van der Waals surface area contributed by atoms with Crippen LogP contribution in [0.25, 0.3) is 5.69 Å². The molecule has 1 aliphatic rings. The SMILES string of the molecule is Cc1cccc(-n2cc(C(=O)Nc3ccc([C@H]4CNCCO4)cc3)nn2)c1.Cl. The molecule has 0 unspecified atom stereocenters. The predicted octanol–water partition coefficient (Wildman–Crippen LogP) is 2.91. The Balaban J connectivity index is 0.00000225. The van der Waals surface area contributed by atoms with E-state index in [-0.39, 0.29) is 30.1 Å². The molecule has 1 aromatic heterocycles. The number of carbonyl (C=O) groups is 1. The fourth-order valence-corrected chi connectivity index (χ4v) is 3.02. The van der Waals surface area contributed by atoms with E-state index in [1.54, 1.807) is 10.9 Å². The van der Waals surface area contributed by atoms with Crippen molar-refractivity contribution in [1.82, 2.24) is 20.3 Å². The minimum Gasteiger partial charge on any atom is -0.371 e. The van der Waals surface area contributed by atoms with E-state index in [0.29, 0.717) is 12.3 Å². The molecule has 0 saturated carbocycles. The van der Waals surface area contributed by atoms with Crippen LogP contribution < -0.4 is 10.6 Å². The van der Waals surface area contributed by atoms with Crippen molar-refractivity contribution in [3.05, 3.63) is 71.5 Å². The highest BCUT2D eigenvalue weighted by atomic mass is 35.5.